The molecule has 1 aromatic heterocycles. The summed E-state index contributed by atoms with van der Waals surface area (Å²) in [6.45, 7) is 3.27. The van der Waals surface area contributed by atoms with Crippen LogP contribution in [0.5, 0.6) is 11.5 Å². The molecule has 106 valence electrons. The van der Waals surface area contributed by atoms with Crippen molar-refractivity contribution in [2.75, 3.05) is 19.0 Å². The molecule has 0 amide bonds. The van der Waals surface area contributed by atoms with Crippen LogP contribution in [0.2, 0.25) is 0 Å². The number of benzene rings is 1. The summed E-state index contributed by atoms with van der Waals surface area (Å²) in [6.07, 6.45) is 2.78. The van der Waals surface area contributed by atoms with Crippen LogP contribution < -0.4 is 14.8 Å². The topological polar surface area (TPSA) is 43.4 Å². The van der Waals surface area contributed by atoms with E-state index in [0.717, 1.165) is 35.9 Å². The van der Waals surface area contributed by atoms with E-state index in [2.05, 4.69) is 17.2 Å². The van der Waals surface area contributed by atoms with Gasteiger partial charge in [-0.25, -0.2) is 0 Å². The van der Waals surface area contributed by atoms with Gasteiger partial charge in [-0.2, -0.15) is 0 Å². The third-order valence-electron chi connectivity index (χ3n) is 2.79. The van der Waals surface area contributed by atoms with Crippen molar-refractivity contribution in [1.29, 1.82) is 0 Å². The molecule has 1 aromatic carbocycles. The smallest absolute Gasteiger partial charge is 0.130 e. The van der Waals surface area contributed by atoms with Crippen molar-refractivity contribution in [2.45, 2.75) is 20.0 Å². The van der Waals surface area contributed by atoms with Crippen LogP contribution in [0, 0.1) is 0 Å². The highest BCUT2D eigenvalue weighted by molar-refractivity contribution is 5.42. The Labute approximate surface area is 119 Å². The van der Waals surface area contributed by atoms with Gasteiger partial charge in [0.15, 0.2) is 0 Å². The predicted octanol–water partition coefficient (Wildman–Crippen LogP) is 3.49. The first-order valence-electron chi connectivity index (χ1n) is 6.80. The molecule has 2 aromatic rings. The van der Waals surface area contributed by atoms with E-state index in [0.29, 0.717) is 6.61 Å². The van der Waals surface area contributed by atoms with Gasteiger partial charge in [0.05, 0.1) is 12.3 Å². The van der Waals surface area contributed by atoms with Gasteiger partial charge in [0.25, 0.3) is 0 Å². The molecular weight excluding hydrogens is 252 g/mol. The second-order valence-corrected chi connectivity index (χ2v) is 4.39. The summed E-state index contributed by atoms with van der Waals surface area (Å²) in [4.78, 5) is 4.27. The molecule has 0 radical (unpaired) electrons. The summed E-state index contributed by atoms with van der Waals surface area (Å²) >= 11 is 0. The van der Waals surface area contributed by atoms with Gasteiger partial charge in [-0.3, -0.25) is 4.98 Å². The first-order valence-corrected chi connectivity index (χ1v) is 6.80. The van der Waals surface area contributed by atoms with Gasteiger partial charge in [0.2, 0.25) is 0 Å². The predicted molar refractivity (Wildman–Crippen MR) is 80.3 cm³/mol. The molecule has 0 aliphatic heterocycles. The number of nitrogens with zero attached hydrogens (tertiary/aromatic N) is 1. The Hall–Kier alpha value is -2.23. The zero-order chi connectivity index (χ0) is 14.2. The molecule has 0 saturated heterocycles. The molecule has 0 fully saturated rings. The van der Waals surface area contributed by atoms with Crippen LogP contribution in [0.3, 0.4) is 0 Å². The lowest BCUT2D eigenvalue weighted by atomic mass is 10.3. The molecule has 0 unspecified atom stereocenters. The van der Waals surface area contributed by atoms with Crippen LogP contribution in [0.4, 0.5) is 5.69 Å². The van der Waals surface area contributed by atoms with Gasteiger partial charge >= 0.3 is 0 Å². The lowest BCUT2D eigenvalue weighted by Gasteiger charge is -2.08. The lowest BCUT2D eigenvalue weighted by Crippen LogP contribution is -2.00. The maximum absolute atomic E-state index is 5.71. The van der Waals surface area contributed by atoms with Gasteiger partial charge < -0.3 is 14.8 Å². The monoisotopic (exact) mass is 272 g/mol. The number of hydrogen-bond acceptors (Lipinski definition) is 4. The number of pyridine rings is 1. The summed E-state index contributed by atoms with van der Waals surface area (Å²) in [5, 5.41) is 3.08. The third kappa shape index (κ3) is 4.16. The van der Waals surface area contributed by atoms with Crippen molar-refractivity contribution in [2.24, 2.45) is 0 Å². The van der Waals surface area contributed by atoms with Crippen LogP contribution in [-0.4, -0.2) is 18.6 Å². The summed E-state index contributed by atoms with van der Waals surface area (Å²) in [7, 11) is 1.88. The van der Waals surface area contributed by atoms with E-state index in [1.54, 1.807) is 6.20 Å². The Morgan fingerprint density at radius 3 is 2.40 bits per heavy atom. The fourth-order valence-corrected chi connectivity index (χ4v) is 1.72. The Bertz CT molecular complexity index is 526. The van der Waals surface area contributed by atoms with Crippen LogP contribution in [0.15, 0.2) is 42.6 Å². The molecule has 4 nitrogen and oxygen atoms in total. The number of aromatic nitrogens is 1. The fourth-order valence-electron chi connectivity index (χ4n) is 1.72. The molecule has 0 atom stereocenters. The zero-order valence-electron chi connectivity index (χ0n) is 11.9. The van der Waals surface area contributed by atoms with E-state index in [1.807, 2.05) is 43.4 Å². The molecule has 0 spiro atoms. The van der Waals surface area contributed by atoms with Crippen molar-refractivity contribution >= 4 is 5.69 Å². The quantitative estimate of drug-likeness (QED) is 0.838. The maximum atomic E-state index is 5.71. The van der Waals surface area contributed by atoms with E-state index in [4.69, 9.17) is 9.47 Å². The van der Waals surface area contributed by atoms with Crippen molar-refractivity contribution in [3.8, 4) is 11.5 Å². The Morgan fingerprint density at radius 2 is 1.75 bits per heavy atom. The number of rotatable bonds is 7. The average Bonchev–Trinajstić information content (AvgIpc) is 2.52. The summed E-state index contributed by atoms with van der Waals surface area (Å²) < 4.78 is 11.2. The van der Waals surface area contributed by atoms with Gasteiger partial charge in [0.1, 0.15) is 18.1 Å². The largest absolute Gasteiger partial charge is 0.494 e. The van der Waals surface area contributed by atoms with Crippen molar-refractivity contribution in [3.63, 3.8) is 0 Å². The Kier molecular flexibility index (Phi) is 5.24. The Morgan fingerprint density at radius 1 is 1.05 bits per heavy atom. The summed E-state index contributed by atoms with van der Waals surface area (Å²) in [5.74, 6) is 1.68. The van der Waals surface area contributed by atoms with Crippen molar-refractivity contribution in [3.05, 3.63) is 48.3 Å². The minimum absolute atomic E-state index is 0.449. The highest BCUT2D eigenvalue weighted by Crippen LogP contribution is 2.19. The molecule has 2 rings (SSSR count). The molecule has 1 heterocycles. The first-order chi connectivity index (χ1) is 9.81. The van der Waals surface area contributed by atoms with E-state index >= 15 is 0 Å². The van der Waals surface area contributed by atoms with E-state index in [-0.39, 0.29) is 0 Å². The van der Waals surface area contributed by atoms with Crippen LogP contribution >= 0.6 is 0 Å². The second kappa shape index (κ2) is 7.38. The van der Waals surface area contributed by atoms with Gasteiger partial charge in [-0.05, 0) is 42.8 Å². The van der Waals surface area contributed by atoms with E-state index < -0.39 is 0 Å². The summed E-state index contributed by atoms with van der Waals surface area (Å²) in [6, 6.07) is 11.5. The summed E-state index contributed by atoms with van der Waals surface area (Å²) in [5.41, 5.74) is 1.92. The van der Waals surface area contributed by atoms with Crippen molar-refractivity contribution < 1.29 is 9.47 Å². The normalized spacial score (nSPS) is 10.1. The molecule has 0 saturated carbocycles. The van der Waals surface area contributed by atoms with Gasteiger partial charge in [-0.15, -0.1) is 0 Å². The SMILES string of the molecule is CCCOc1ccc(OCc2cc(NC)ccn2)cc1. The van der Waals surface area contributed by atoms with E-state index in [9.17, 15) is 0 Å². The number of ether oxygens (including phenoxy) is 2. The standard InChI is InChI=1S/C16H20N2O2/c1-3-10-19-15-4-6-16(7-5-15)20-12-14-11-13(17-2)8-9-18-14/h4-9,11H,3,10,12H2,1-2H3,(H,17,18). The highest BCUT2D eigenvalue weighted by atomic mass is 16.5. The number of hydrogen-bond donors (Lipinski definition) is 1. The van der Waals surface area contributed by atoms with Crippen LogP contribution in [0.25, 0.3) is 0 Å². The lowest BCUT2D eigenvalue weighted by molar-refractivity contribution is 0.297. The zero-order valence-corrected chi connectivity index (χ0v) is 11.9. The third-order valence-corrected chi connectivity index (χ3v) is 2.79. The minimum Gasteiger partial charge on any atom is -0.494 e. The van der Waals surface area contributed by atoms with Gasteiger partial charge in [0, 0.05) is 18.9 Å². The fraction of sp³-hybridized carbons (Fsp3) is 0.312. The first kappa shape index (κ1) is 14.2. The molecular formula is C16H20N2O2. The maximum Gasteiger partial charge on any atom is 0.130 e. The molecule has 0 bridgehead atoms. The van der Waals surface area contributed by atoms with Crippen LogP contribution in [0.1, 0.15) is 19.0 Å². The number of nitrogens with one attached hydrogen (secondary N) is 1. The van der Waals surface area contributed by atoms with E-state index in [1.165, 1.54) is 0 Å². The van der Waals surface area contributed by atoms with Gasteiger partial charge in [-0.1, -0.05) is 6.92 Å². The molecule has 1 N–H and O–H groups in total. The molecule has 4 heteroatoms. The van der Waals surface area contributed by atoms with Crippen LogP contribution in [-0.2, 0) is 6.61 Å². The number of anilines is 1. The minimum atomic E-state index is 0.449. The average molecular weight is 272 g/mol. The molecule has 0 aliphatic carbocycles. The highest BCUT2D eigenvalue weighted by Gasteiger charge is 1.99. The Balaban J connectivity index is 1.89. The molecule has 0 aliphatic rings. The van der Waals surface area contributed by atoms with Crippen molar-refractivity contribution in [1.82, 2.24) is 4.98 Å². The second-order valence-electron chi connectivity index (χ2n) is 4.39. The molecule has 20 heavy (non-hydrogen) atoms.